The molecule has 0 radical (unpaired) electrons. The van der Waals surface area contributed by atoms with Crippen LogP contribution in [0.5, 0.6) is 0 Å². The van der Waals surface area contributed by atoms with Gasteiger partial charge in [-0.2, -0.15) is 8.42 Å². The fourth-order valence-electron chi connectivity index (χ4n) is 3.14. The van der Waals surface area contributed by atoms with Crippen molar-refractivity contribution >= 4 is 38.0 Å². The first-order valence-electron chi connectivity index (χ1n) is 7.71. The van der Waals surface area contributed by atoms with Crippen molar-refractivity contribution in [2.45, 2.75) is 16.8 Å². The summed E-state index contributed by atoms with van der Waals surface area (Å²) in [6.45, 7) is 1.23. The molecule has 2 aliphatic heterocycles. The van der Waals surface area contributed by atoms with Gasteiger partial charge in [0.15, 0.2) is 0 Å². The van der Waals surface area contributed by atoms with Crippen LogP contribution in [0.2, 0.25) is 5.02 Å². The summed E-state index contributed by atoms with van der Waals surface area (Å²) in [5, 5.41) is 15.2. The molecule has 0 fully saturated rings. The number of nitrogens with one attached hydrogen (secondary N) is 1. The molecule has 0 saturated heterocycles. The molecule has 7 nitrogen and oxygen atoms in total. The molecule has 0 saturated carbocycles. The average Bonchev–Trinajstić information content (AvgIpc) is 3.00. The van der Waals surface area contributed by atoms with Crippen LogP contribution < -0.4 is 5.32 Å². The first kappa shape index (κ1) is 19.4. The Morgan fingerprint density at radius 1 is 1.42 bits per heavy atom. The second kappa shape index (κ2) is 7.34. The Kier molecular flexibility index (Phi) is 5.48. The van der Waals surface area contributed by atoms with E-state index in [9.17, 15) is 18.3 Å². The van der Waals surface area contributed by atoms with E-state index >= 15 is 0 Å². The van der Waals surface area contributed by atoms with Gasteiger partial charge in [-0.15, -0.1) is 10.0 Å². The minimum atomic E-state index is -4.47. The maximum Gasteiger partial charge on any atom is 1.00 e. The molecular formula is C16H19ClNO6S2+. The van der Waals surface area contributed by atoms with Crippen LogP contribution in [0.3, 0.4) is 0 Å². The molecule has 2 aliphatic rings. The van der Waals surface area contributed by atoms with Gasteiger partial charge >= 0.3 is 17.8 Å². The number of aliphatic carboxylic acids is 1. The van der Waals surface area contributed by atoms with Gasteiger partial charge in [-0.3, -0.25) is 4.18 Å². The van der Waals surface area contributed by atoms with E-state index in [-0.39, 0.29) is 1.43 Å². The highest BCUT2D eigenvalue weighted by molar-refractivity contribution is 8.40. The van der Waals surface area contributed by atoms with Crippen molar-refractivity contribution < 1.29 is 28.1 Å². The molecule has 0 bridgehead atoms. The summed E-state index contributed by atoms with van der Waals surface area (Å²) in [5.41, 5.74) is -0.731. The molecule has 0 aliphatic carbocycles. The highest BCUT2D eigenvalue weighted by atomic mass is 35.5. The molecule has 2 N–H and O–H groups in total. The van der Waals surface area contributed by atoms with Crippen LogP contribution in [0.4, 0.5) is 0 Å². The highest BCUT2D eigenvalue weighted by Gasteiger charge is 2.48. The molecule has 1 aromatic rings. The third-order valence-corrected chi connectivity index (χ3v) is 9.55. The second-order valence-corrected chi connectivity index (χ2v) is 10.5. The molecule has 2 atom stereocenters. The van der Waals surface area contributed by atoms with Crippen LogP contribution in [-0.2, 0) is 23.6 Å². The van der Waals surface area contributed by atoms with Crippen molar-refractivity contribution in [2.24, 2.45) is 0 Å². The Bertz CT molecular complexity index is 904. The Balaban J connectivity index is 0.00000261. The number of hydrogen-bond acceptors (Lipinski definition) is 6. The zero-order valence-electron chi connectivity index (χ0n) is 14.8. The van der Waals surface area contributed by atoms with Crippen molar-refractivity contribution in [3.63, 3.8) is 0 Å². The quantitative estimate of drug-likeness (QED) is 0.729. The summed E-state index contributed by atoms with van der Waals surface area (Å²) in [7, 11) is -6.06. The summed E-state index contributed by atoms with van der Waals surface area (Å²) < 4.78 is 33.2. The van der Waals surface area contributed by atoms with Gasteiger partial charge in [-0.25, -0.2) is 8.98 Å². The number of carboxylic acids is 1. The van der Waals surface area contributed by atoms with E-state index in [4.69, 9.17) is 15.8 Å². The summed E-state index contributed by atoms with van der Waals surface area (Å²) in [6, 6.07) is 6.85. The van der Waals surface area contributed by atoms with Crippen molar-refractivity contribution in [1.82, 2.24) is 5.32 Å². The van der Waals surface area contributed by atoms with Crippen LogP contribution in [-0.4, -0.2) is 45.1 Å². The van der Waals surface area contributed by atoms with Gasteiger partial charge in [0, 0.05) is 11.4 Å². The SMILES string of the molecule is COS(=O)(=O)OC(C(=O)O)S1(c2ccccc2Cl)C=CC2=C1CCNC2.[H+]. The molecule has 142 valence electrons. The van der Waals surface area contributed by atoms with Gasteiger partial charge in [-0.05, 0) is 41.0 Å². The molecule has 2 heterocycles. The van der Waals surface area contributed by atoms with Crippen molar-refractivity contribution in [2.75, 3.05) is 20.2 Å². The molecule has 10 heteroatoms. The molecular weight excluding hydrogens is 402 g/mol. The highest BCUT2D eigenvalue weighted by Crippen LogP contribution is 2.73. The molecule has 26 heavy (non-hydrogen) atoms. The third-order valence-electron chi connectivity index (χ3n) is 4.24. The minimum absolute atomic E-state index is 0. The van der Waals surface area contributed by atoms with Gasteiger partial charge in [0.1, 0.15) is 0 Å². The predicted molar refractivity (Wildman–Crippen MR) is 101 cm³/mol. The average molecular weight is 421 g/mol. The topological polar surface area (TPSA) is 102 Å². The van der Waals surface area contributed by atoms with E-state index in [1.165, 1.54) is 0 Å². The third kappa shape index (κ3) is 3.30. The van der Waals surface area contributed by atoms with Crippen LogP contribution in [0.25, 0.3) is 0 Å². The van der Waals surface area contributed by atoms with Crippen LogP contribution in [0, 0.1) is 0 Å². The Hall–Kier alpha value is -1.36. The monoisotopic (exact) mass is 420 g/mol. The summed E-state index contributed by atoms with van der Waals surface area (Å²) in [4.78, 5) is 13.5. The van der Waals surface area contributed by atoms with Gasteiger partial charge in [0.2, 0.25) is 5.44 Å². The van der Waals surface area contributed by atoms with Crippen molar-refractivity contribution in [1.29, 1.82) is 0 Å². The largest absolute Gasteiger partial charge is 1.00 e. The smallest absolute Gasteiger partial charge is 0.479 e. The maximum atomic E-state index is 12.1. The minimum Gasteiger partial charge on any atom is -0.479 e. The number of rotatable bonds is 6. The molecule has 0 spiro atoms. The molecule has 0 aromatic heterocycles. The van der Waals surface area contributed by atoms with E-state index in [1.807, 2.05) is 6.08 Å². The Morgan fingerprint density at radius 3 is 2.81 bits per heavy atom. The van der Waals surface area contributed by atoms with E-state index in [0.29, 0.717) is 29.4 Å². The van der Waals surface area contributed by atoms with Crippen LogP contribution in [0.1, 0.15) is 7.85 Å². The Morgan fingerprint density at radius 2 is 2.15 bits per heavy atom. The van der Waals surface area contributed by atoms with Gasteiger partial charge < -0.3 is 10.4 Å². The normalized spacial score (nSPS) is 26.2. The predicted octanol–water partition coefficient (Wildman–Crippen LogP) is 2.71. The second-order valence-electron chi connectivity index (χ2n) is 5.66. The van der Waals surface area contributed by atoms with Gasteiger partial charge in [0.25, 0.3) is 0 Å². The van der Waals surface area contributed by atoms with E-state index in [1.54, 1.807) is 29.7 Å². The lowest BCUT2D eigenvalue weighted by molar-refractivity contribution is -0.141. The number of benzene rings is 1. The number of hydrogen-bond donors (Lipinski definition) is 2. The van der Waals surface area contributed by atoms with E-state index in [0.717, 1.165) is 17.6 Å². The summed E-state index contributed by atoms with van der Waals surface area (Å²) >= 11 is 6.40. The summed E-state index contributed by atoms with van der Waals surface area (Å²) in [5.74, 6) is -1.39. The fraction of sp³-hybridized carbons (Fsp3) is 0.312. The number of carboxylic acid groups (broad SMARTS) is 1. The number of carbonyl (C=O) groups is 1. The van der Waals surface area contributed by atoms with Crippen LogP contribution >= 0.6 is 21.6 Å². The molecule has 2 unspecified atom stereocenters. The lowest BCUT2D eigenvalue weighted by Crippen LogP contribution is -2.34. The van der Waals surface area contributed by atoms with Gasteiger partial charge in [0.05, 0.1) is 12.1 Å². The zero-order chi connectivity index (χ0) is 18.9. The van der Waals surface area contributed by atoms with Crippen LogP contribution in [0.15, 0.2) is 51.1 Å². The first-order chi connectivity index (χ1) is 12.3. The van der Waals surface area contributed by atoms with Crippen molar-refractivity contribution in [3.05, 3.63) is 51.3 Å². The standard InChI is InChI=1S/C16H18ClNO6S2/c1-23-26(21,22)24-16(15(19)20)25(14-5-3-2-4-12(14)17)9-7-11-10-18-8-6-13(11)25/h2-5,7,9,16,18H,6,8,10H2,1H3,(H,19,20)/p+1. The van der Waals surface area contributed by atoms with E-state index in [2.05, 4.69) is 9.50 Å². The lowest BCUT2D eigenvalue weighted by atomic mass is 10.1. The molecule has 0 amide bonds. The van der Waals surface area contributed by atoms with Crippen molar-refractivity contribution in [3.8, 4) is 0 Å². The fourth-order valence-corrected chi connectivity index (χ4v) is 8.43. The summed E-state index contributed by atoms with van der Waals surface area (Å²) in [6.07, 6.45) is 2.40. The lowest BCUT2D eigenvalue weighted by Gasteiger charge is -2.42. The van der Waals surface area contributed by atoms with E-state index < -0.39 is 31.8 Å². The molecule has 1 aromatic carbocycles. The first-order valence-corrected chi connectivity index (χ1v) is 11.2. The maximum absolute atomic E-state index is 12.1. The molecule has 3 rings (SSSR count). The zero-order valence-corrected chi connectivity index (χ0v) is 16.2. The van der Waals surface area contributed by atoms with Gasteiger partial charge in [-0.1, -0.05) is 29.8 Å². The number of halogens is 1. The Labute approximate surface area is 159 Å².